The molecule has 2 unspecified atom stereocenters. The predicted molar refractivity (Wildman–Crippen MR) is 125 cm³/mol. The summed E-state index contributed by atoms with van der Waals surface area (Å²) in [7, 11) is -3.55. The average Bonchev–Trinajstić information content (AvgIpc) is 2.73. The van der Waals surface area contributed by atoms with Crippen LogP contribution in [0, 0.1) is 12.5 Å². The molecule has 1 N–H and O–H groups in total. The van der Waals surface area contributed by atoms with Crippen LogP contribution < -0.4 is 10.1 Å². The highest BCUT2D eigenvalue weighted by Crippen LogP contribution is 2.28. The summed E-state index contributed by atoms with van der Waals surface area (Å²) in [5.41, 5.74) is 1.16. The number of carbonyl (C=O) groups excluding carboxylic acids is 1. The number of sulfone groups is 1. The number of hydrogen-bond donors (Lipinski definition) is 1. The van der Waals surface area contributed by atoms with E-state index in [1.54, 1.807) is 69.3 Å². The standard InChI is InChI=1S/C24H30N2O5S/c1-16(2)23(26-24(27)30-17(3)4)15-32(28,29)18(5)19-7-11-21(12-8-19)31-22-13-9-20(25-6)10-14-22/h7-14,16-18,23H,15H2,1-5H3,(H,26,27). The van der Waals surface area contributed by atoms with Gasteiger partial charge in [-0.05, 0) is 56.5 Å². The van der Waals surface area contributed by atoms with Gasteiger partial charge in [-0.25, -0.2) is 18.1 Å². The first-order valence-corrected chi connectivity index (χ1v) is 12.2. The van der Waals surface area contributed by atoms with Gasteiger partial charge in [-0.15, -0.1) is 0 Å². The number of nitrogens with one attached hydrogen (secondary N) is 1. The van der Waals surface area contributed by atoms with Crippen molar-refractivity contribution in [3.8, 4) is 11.5 Å². The van der Waals surface area contributed by atoms with E-state index in [9.17, 15) is 13.2 Å². The molecule has 2 aromatic rings. The summed E-state index contributed by atoms with van der Waals surface area (Å²) in [6.45, 7) is 15.8. The van der Waals surface area contributed by atoms with Crippen molar-refractivity contribution in [2.75, 3.05) is 5.75 Å². The van der Waals surface area contributed by atoms with E-state index in [4.69, 9.17) is 16.0 Å². The third-order valence-electron chi connectivity index (χ3n) is 4.95. The van der Waals surface area contributed by atoms with E-state index in [1.807, 2.05) is 13.8 Å². The van der Waals surface area contributed by atoms with E-state index < -0.39 is 27.2 Å². The summed E-state index contributed by atoms with van der Waals surface area (Å²) in [5.74, 6) is 0.878. The van der Waals surface area contributed by atoms with Crippen LogP contribution in [0.15, 0.2) is 48.5 Å². The number of benzene rings is 2. The first-order chi connectivity index (χ1) is 15.0. The fourth-order valence-corrected chi connectivity index (χ4v) is 4.76. The molecule has 0 fully saturated rings. The van der Waals surface area contributed by atoms with Gasteiger partial charge in [-0.2, -0.15) is 0 Å². The predicted octanol–water partition coefficient (Wildman–Crippen LogP) is 5.66. The Morgan fingerprint density at radius 2 is 1.50 bits per heavy atom. The molecule has 2 rings (SSSR count). The van der Waals surface area contributed by atoms with Gasteiger partial charge in [0.1, 0.15) is 11.5 Å². The van der Waals surface area contributed by atoms with Crippen LogP contribution in [-0.4, -0.2) is 32.4 Å². The topological polar surface area (TPSA) is 86.1 Å². The molecule has 8 heteroatoms. The second kappa shape index (κ2) is 11.0. The van der Waals surface area contributed by atoms with Crippen LogP contribution in [0.25, 0.3) is 4.85 Å². The fourth-order valence-electron chi connectivity index (χ4n) is 2.93. The van der Waals surface area contributed by atoms with Gasteiger partial charge in [0.2, 0.25) is 0 Å². The Balaban J connectivity index is 2.08. The summed E-state index contributed by atoms with van der Waals surface area (Å²) in [6.07, 6.45) is -0.905. The number of amides is 1. The maximum absolute atomic E-state index is 13.0. The normalized spacial score (nSPS) is 13.3. The maximum atomic E-state index is 13.0. The van der Waals surface area contributed by atoms with E-state index in [2.05, 4.69) is 10.2 Å². The van der Waals surface area contributed by atoms with E-state index in [0.717, 1.165) is 0 Å². The Kier molecular flexibility index (Phi) is 8.67. The van der Waals surface area contributed by atoms with E-state index >= 15 is 0 Å². The molecule has 0 bridgehead atoms. The molecule has 2 aromatic carbocycles. The lowest BCUT2D eigenvalue weighted by Gasteiger charge is -2.24. The van der Waals surface area contributed by atoms with Gasteiger partial charge in [0.05, 0.1) is 23.7 Å². The number of nitrogens with zero attached hydrogens (tertiary/aromatic N) is 1. The average molecular weight is 459 g/mol. The minimum absolute atomic E-state index is 0.0818. The minimum atomic E-state index is -3.55. The van der Waals surface area contributed by atoms with Crippen molar-refractivity contribution in [2.24, 2.45) is 5.92 Å². The van der Waals surface area contributed by atoms with Gasteiger partial charge < -0.3 is 14.8 Å². The molecule has 1 amide bonds. The number of ether oxygens (including phenoxy) is 2. The Hall–Kier alpha value is -3.05. The van der Waals surface area contributed by atoms with Crippen molar-refractivity contribution in [1.29, 1.82) is 0 Å². The van der Waals surface area contributed by atoms with Crippen molar-refractivity contribution in [2.45, 2.75) is 52.0 Å². The third kappa shape index (κ3) is 7.27. The Labute approximate surface area is 190 Å². The molecule has 0 saturated carbocycles. The van der Waals surface area contributed by atoms with Crippen LogP contribution in [0.2, 0.25) is 0 Å². The lowest BCUT2D eigenvalue weighted by Crippen LogP contribution is -2.44. The number of rotatable bonds is 9. The molecule has 0 aromatic heterocycles. The quantitative estimate of drug-likeness (QED) is 0.490. The van der Waals surface area contributed by atoms with Crippen molar-refractivity contribution >= 4 is 21.6 Å². The van der Waals surface area contributed by atoms with Gasteiger partial charge in [0.15, 0.2) is 15.5 Å². The first-order valence-electron chi connectivity index (χ1n) is 10.5. The molecule has 172 valence electrons. The van der Waals surface area contributed by atoms with Gasteiger partial charge in [-0.3, -0.25) is 0 Å². The zero-order valence-corrected chi connectivity index (χ0v) is 19.8. The fraction of sp³-hybridized carbons (Fsp3) is 0.417. The number of carbonyl (C=O) groups is 1. The molecule has 0 saturated heterocycles. The monoisotopic (exact) mass is 458 g/mol. The number of alkyl carbamates (subject to hydrolysis) is 1. The zero-order valence-electron chi connectivity index (χ0n) is 19.0. The summed E-state index contributed by atoms with van der Waals surface area (Å²) in [6, 6.07) is 13.0. The SMILES string of the molecule is [C-]#[N+]c1ccc(Oc2ccc(C(C)S(=O)(=O)CC(NC(=O)OC(C)C)C(C)C)cc2)cc1. The van der Waals surface area contributed by atoms with Gasteiger partial charge >= 0.3 is 6.09 Å². The summed E-state index contributed by atoms with van der Waals surface area (Å²) >= 11 is 0. The Bertz CT molecular complexity index is 1040. The van der Waals surface area contributed by atoms with Crippen molar-refractivity contribution in [1.82, 2.24) is 5.32 Å². The maximum Gasteiger partial charge on any atom is 0.407 e. The van der Waals surface area contributed by atoms with Crippen molar-refractivity contribution in [3.63, 3.8) is 0 Å². The molecular formula is C24H30N2O5S. The molecule has 7 nitrogen and oxygen atoms in total. The van der Waals surface area contributed by atoms with Crippen LogP contribution in [0.5, 0.6) is 11.5 Å². The van der Waals surface area contributed by atoms with Gasteiger partial charge in [0.25, 0.3) is 0 Å². The highest BCUT2D eigenvalue weighted by Gasteiger charge is 2.29. The van der Waals surface area contributed by atoms with Gasteiger partial charge in [-0.1, -0.05) is 38.1 Å². The van der Waals surface area contributed by atoms with E-state index in [-0.39, 0.29) is 17.8 Å². The summed E-state index contributed by atoms with van der Waals surface area (Å²) in [4.78, 5) is 15.3. The Morgan fingerprint density at radius 1 is 0.969 bits per heavy atom. The second-order valence-corrected chi connectivity index (χ2v) is 10.6. The smallest absolute Gasteiger partial charge is 0.407 e. The minimum Gasteiger partial charge on any atom is -0.457 e. The molecule has 0 aliphatic carbocycles. The third-order valence-corrected chi connectivity index (χ3v) is 7.13. The van der Waals surface area contributed by atoms with E-state index in [0.29, 0.717) is 22.7 Å². The largest absolute Gasteiger partial charge is 0.457 e. The summed E-state index contributed by atoms with van der Waals surface area (Å²) in [5, 5.41) is 1.92. The van der Waals surface area contributed by atoms with Crippen LogP contribution in [0.4, 0.5) is 10.5 Å². The lowest BCUT2D eigenvalue weighted by atomic mass is 10.1. The van der Waals surface area contributed by atoms with Crippen LogP contribution >= 0.6 is 0 Å². The molecular weight excluding hydrogens is 428 g/mol. The second-order valence-electron chi connectivity index (χ2n) is 8.20. The van der Waals surface area contributed by atoms with Crippen molar-refractivity contribution < 1.29 is 22.7 Å². The molecule has 0 aliphatic heterocycles. The molecule has 0 aliphatic rings. The summed E-state index contributed by atoms with van der Waals surface area (Å²) < 4.78 is 36.9. The van der Waals surface area contributed by atoms with Crippen LogP contribution in [0.1, 0.15) is 45.4 Å². The van der Waals surface area contributed by atoms with Gasteiger partial charge in [0, 0.05) is 6.04 Å². The molecule has 0 radical (unpaired) electrons. The van der Waals surface area contributed by atoms with E-state index in [1.165, 1.54) is 0 Å². The first kappa shape index (κ1) is 25.2. The van der Waals surface area contributed by atoms with Crippen LogP contribution in [0.3, 0.4) is 0 Å². The number of hydrogen-bond acceptors (Lipinski definition) is 5. The van der Waals surface area contributed by atoms with Crippen LogP contribution in [-0.2, 0) is 14.6 Å². The zero-order chi connectivity index (χ0) is 23.9. The van der Waals surface area contributed by atoms with Crippen molar-refractivity contribution in [3.05, 3.63) is 65.5 Å². The molecule has 0 heterocycles. The highest BCUT2D eigenvalue weighted by molar-refractivity contribution is 7.91. The Morgan fingerprint density at radius 3 is 1.97 bits per heavy atom. The molecule has 32 heavy (non-hydrogen) atoms. The molecule has 2 atom stereocenters. The highest BCUT2D eigenvalue weighted by atomic mass is 32.2. The molecule has 0 spiro atoms. The lowest BCUT2D eigenvalue weighted by molar-refractivity contribution is 0.111.